The number of hydrogen-bond donors (Lipinski definition) is 2. The van der Waals surface area contributed by atoms with Crippen LogP contribution >= 0.6 is 0 Å². The number of fused-ring (bicyclic) bond motifs is 1. The van der Waals surface area contributed by atoms with Crippen LogP contribution in [0.4, 0.5) is 0 Å². The lowest BCUT2D eigenvalue weighted by Crippen LogP contribution is -2.40. The maximum Gasteiger partial charge on any atom is 0.236 e. The van der Waals surface area contributed by atoms with Crippen LogP contribution in [0.1, 0.15) is 18.9 Å². The number of nitrogens with two attached hydrogens (primary N) is 1. The summed E-state index contributed by atoms with van der Waals surface area (Å²) in [6.07, 6.45) is 1.40. The first-order chi connectivity index (χ1) is 9.20. The fourth-order valence-electron chi connectivity index (χ4n) is 1.89. The van der Waals surface area contributed by atoms with Crippen LogP contribution in [-0.4, -0.2) is 31.7 Å². The summed E-state index contributed by atoms with van der Waals surface area (Å²) in [5.74, 6) is 1.47. The monoisotopic (exact) mass is 264 g/mol. The summed E-state index contributed by atoms with van der Waals surface area (Å²) in [6, 6.07) is 5.43. The smallest absolute Gasteiger partial charge is 0.236 e. The lowest BCUT2D eigenvalue weighted by molar-refractivity contribution is -0.122. The second-order valence-electron chi connectivity index (χ2n) is 4.53. The van der Waals surface area contributed by atoms with Crippen LogP contribution in [0.2, 0.25) is 0 Å². The molecule has 19 heavy (non-hydrogen) atoms. The van der Waals surface area contributed by atoms with Crippen LogP contribution in [0.5, 0.6) is 11.5 Å². The van der Waals surface area contributed by atoms with E-state index in [2.05, 4.69) is 5.32 Å². The van der Waals surface area contributed by atoms with Crippen molar-refractivity contribution in [3.8, 4) is 11.5 Å². The van der Waals surface area contributed by atoms with Crippen LogP contribution in [0.15, 0.2) is 18.2 Å². The van der Waals surface area contributed by atoms with E-state index in [1.54, 1.807) is 0 Å². The molecular formula is C14H20N2O3. The summed E-state index contributed by atoms with van der Waals surface area (Å²) >= 11 is 0. The van der Waals surface area contributed by atoms with Crippen molar-refractivity contribution in [2.45, 2.75) is 25.8 Å². The first kappa shape index (κ1) is 13.7. The van der Waals surface area contributed by atoms with E-state index in [-0.39, 0.29) is 5.91 Å². The normalized spacial score (nSPS) is 14.8. The molecule has 2 rings (SSSR count). The zero-order valence-electron chi connectivity index (χ0n) is 11.1. The molecule has 0 aromatic heterocycles. The average molecular weight is 264 g/mol. The molecule has 1 aliphatic rings. The number of benzene rings is 1. The largest absolute Gasteiger partial charge is 0.486 e. The van der Waals surface area contributed by atoms with E-state index in [1.807, 2.05) is 25.1 Å². The third-order valence-electron chi connectivity index (χ3n) is 3.10. The standard InChI is InChI=1S/C14H20N2O3/c1-2-11(15)14(17)16-6-5-10-3-4-12-13(9-10)19-8-7-18-12/h3-4,9,11H,2,5-8,15H2,1H3,(H,16,17)/t11-/m1/s1. The molecule has 0 bridgehead atoms. The molecule has 1 aliphatic heterocycles. The van der Waals surface area contributed by atoms with E-state index in [9.17, 15) is 4.79 Å². The van der Waals surface area contributed by atoms with Crippen molar-refractivity contribution in [2.75, 3.05) is 19.8 Å². The van der Waals surface area contributed by atoms with Gasteiger partial charge in [0.05, 0.1) is 6.04 Å². The van der Waals surface area contributed by atoms with E-state index < -0.39 is 6.04 Å². The predicted molar refractivity (Wildman–Crippen MR) is 72.4 cm³/mol. The van der Waals surface area contributed by atoms with Gasteiger partial charge in [0.25, 0.3) is 0 Å². The van der Waals surface area contributed by atoms with Crippen LogP contribution in [0, 0.1) is 0 Å². The lowest BCUT2D eigenvalue weighted by atomic mass is 10.1. The van der Waals surface area contributed by atoms with Gasteiger partial charge in [-0.25, -0.2) is 0 Å². The maximum atomic E-state index is 11.5. The summed E-state index contributed by atoms with van der Waals surface area (Å²) in [4.78, 5) is 11.5. The van der Waals surface area contributed by atoms with Gasteiger partial charge in [0.1, 0.15) is 13.2 Å². The van der Waals surface area contributed by atoms with Gasteiger partial charge in [0.2, 0.25) is 5.91 Å². The van der Waals surface area contributed by atoms with Crippen LogP contribution < -0.4 is 20.5 Å². The summed E-state index contributed by atoms with van der Waals surface area (Å²) in [6.45, 7) is 3.65. The first-order valence-electron chi connectivity index (χ1n) is 6.62. The maximum absolute atomic E-state index is 11.5. The van der Waals surface area contributed by atoms with E-state index in [0.717, 1.165) is 23.5 Å². The molecule has 1 heterocycles. The molecule has 0 aliphatic carbocycles. The molecule has 3 N–H and O–H groups in total. The molecule has 104 valence electrons. The Morgan fingerprint density at radius 2 is 2.11 bits per heavy atom. The number of nitrogens with one attached hydrogen (secondary N) is 1. The molecule has 1 amide bonds. The van der Waals surface area contributed by atoms with Gasteiger partial charge >= 0.3 is 0 Å². The van der Waals surface area contributed by atoms with Crippen molar-refractivity contribution in [1.82, 2.24) is 5.32 Å². The van der Waals surface area contributed by atoms with Crippen molar-refractivity contribution in [3.05, 3.63) is 23.8 Å². The number of ether oxygens (including phenoxy) is 2. The quantitative estimate of drug-likeness (QED) is 0.827. The highest BCUT2D eigenvalue weighted by molar-refractivity contribution is 5.81. The summed E-state index contributed by atoms with van der Waals surface area (Å²) in [5.41, 5.74) is 6.74. The Bertz CT molecular complexity index is 448. The van der Waals surface area contributed by atoms with Crippen molar-refractivity contribution in [2.24, 2.45) is 5.73 Å². The first-order valence-corrected chi connectivity index (χ1v) is 6.62. The molecule has 0 fully saturated rings. The van der Waals surface area contributed by atoms with Gasteiger partial charge in [0.15, 0.2) is 11.5 Å². The van der Waals surface area contributed by atoms with E-state index in [0.29, 0.717) is 26.2 Å². The molecule has 1 atom stereocenters. The minimum absolute atomic E-state index is 0.0972. The van der Waals surface area contributed by atoms with Gasteiger partial charge < -0.3 is 20.5 Å². The molecule has 0 radical (unpaired) electrons. The summed E-state index contributed by atoms with van der Waals surface area (Å²) < 4.78 is 11.0. The minimum Gasteiger partial charge on any atom is -0.486 e. The second kappa shape index (κ2) is 6.43. The Morgan fingerprint density at radius 1 is 1.37 bits per heavy atom. The molecule has 0 saturated heterocycles. The SMILES string of the molecule is CC[C@@H](N)C(=O)NCCc1ccc2c(c1)OCCO2. The van der Waals surface area contributed by atoms with Gasteiger partial charge in [-0.3, -0.25) is 4.79 Å². The van der Waals surface area contributed by atoms with Crippen molar-refractivity contribution in [1.29, 1.82) is 0 Å². The molecule has 0 spiro atoms. The molecule has 0 saturated carbocycles. The Balaban J connectivity index is 1.85. The number of rotatable bonds is 5. The lowest BCUT2D eigenvalue weighted by Gasteiger charge is -2.19. The number of carbonyl (C=O) groups is 1. The number of amides is 1. The molecule has 5 heteroatoms. The third-order valence-corrected chi connectivity index (χ3v) is 3.10. The van der Waals surface area contributed by atoms with Crippen molar-refractivity contribution >= 4 is 5.91 Å². The van der Waals surface area contributed by atoms with Crippen LogP contribution in [0.3, 0.4) is 0 Å². The Morgan fingerprint density at radius 3 is 2.84 bits per heavy atom. The van der Waals surface area contributed by atoms with Gasteiger partial charge in [0, 0.05) is 6.54 Å². The average Bonchev–Trinajstić information content (AvgIpc) is 2.46. The third kappa shape index (κ3) is 3.61. The molecule has 5 nitrogen and oxygen atoms in total. The van der Waals surface area contributed by atoms with Crippen molar-refractivity contribution in [3.63, 3.8) is 0 Å². The Labute approximate surface area is 113 Å². The zero-order chi connectivity index (χ0) is 13.7. The second-order valence-corrected chi connectivity index (χ2v) is 4.53. The van der Waals surface area contributed by atoms with Gasteiger partial charge in [-0.2, -0.15) is 0 Å². The highest BCUT2D eigenvalue weighted by atomic mass is 16.6. The van der Waals surface area contributed by atoms with E-state index in [4.69, 9.17) is 15.2 Å². The van der Waals surface area contributed by atoms with Gasteiger partial charge in [-0.1, -0.05) is 13.0 Å². The zero-order valence-corrected chi connectivity index (χ0v) is 11.1. The molecule has 1 aromatic rings. The Kier molecular flexibility index (Phi) is 4.63. The molecule has 1 aromatic carbocycles. The summed E-state index contributed by atoms with van der Waals surface area (Å²) in [7, 11) is 0. The Hall–Kier alpha value is -1.75. The van der Waals surface area contributed by atoms with E-state index in [1.165, 1.54) is 0 Å². The highest BCUT2D eigenvalue weighted by Gasteiger charge is 2.12. The molecule has 0 unspecified atom stereocenters. The van der Waals surface area contributed by atoms with Crippen molar-refractivity contribution < 1.29 is 14.3 Å². The van der Waals surface area contributed by atoms with E-state index >= 15 is 0 Å². The number of hydrogen-bond acceptors (Lipinski definition) is 4. The fraction of sp³-hybridized carbons (Fsp3) is 0.500. The number of carbonyl (C=O) groups excluding carboxylic acids is 1. The summed E-state index contributed by atoms with van der Waals surface area (Å²) in [5, 5.41) is 2.83. The fourth-order valence-corrected chi connectivity index (χ4v) is 1.89. The van der Waals surface area contributed by atoms with Gasteiger partial charge in [-0.15, -0.1) is 0 Å². The van der Waals surface area contributed by atoms with Gasteiger partial charge in [-0.05, 0) is 30.5 Å². The van der Waals surface area contributed by atoms with Crippen LogP contribution in [-0.2, 0) is 11.2 Å². The topological polar surface area (TPSA) is 73.6 Å². The minimum atomic E-state index is -0.416. The predicted octanol–water partition coefficient (Wildman–Crippen LogP) is 0.854. The highest BCUT2D eigenvalue weighted by Crippen LogP contribution is 2.30. The van der Waals surface area contributed by atoms with Crippen LogP contribution in [0.25, 0.3) is 0 Å². The molecular weight excluding hydrogens is 244 g/mol.